The smallest absolute Gasteiger partial charge is 0.320 e. The van der Waals surface area contributed by atoms with Crippen molar-refractivity contribution in [2.24, 2.45) is 11.8 Å². The van der Waals surface area contributed by atoms with Crippen LogP contribution in [0.25, 0.3) is 0 Å². The standard InChI is InChI=1S/C16H29NO2/c1-3-6-12(2)11-17-14-8-5-4-7-13(14)9-10-15(17)16(18)19/h12-15H,3-11H2,1-2H3,(H,18,19). The molecule has 0 aromatic rings. The van der Waals surface area contributed by atoms with Crippen LogP contribution in [0.4, 0.5) is 0 Å². The van der Waals surface area contributed by atoms with Crippen molar-refractivity contribution < 1.29 is 9.90 Å². The number of rotatable bonds is 5. The van der Waals surface area contributed by atoms with E-state index in [0.717, 1.165) is 25.3 Å². The first-order chi connectivity index (χ1) is 9.13. The van der Waals surface area contributed by atoms with Gasteiger partial charge >= 0.3 is 5.97 Å². The predicted octanol–water partition coefficient (Wildman–Crippen LogP) is 3.53. The van der Waals surface area contributed by atoms with Crippen LogP contribution >= 0.6 is 0 Å². The number of carbonyl (C=O) groups is 1. The molecule has 110 valence electrons. The zero-order chi connectivity index (χ0) is 13.8. The lowest BCUT2D eigenvalue weighted by Crippen LogP contribution is -2.56. The Bertz CT molecular complexity index is 305. The molecule has 0 amide bonds. The van der Waals surface area contributed by atoms with Gasteiger partial charge in [0.1, 0.15) is 6.04 Å². The van der Waals surface area contributed by atoms with Crippen molar-refractivity contribution in [3.63, 3.8) is 0 Å². The maximum Gasteiger partial charge on any atom is 0.320 e. The van der Waals surface area contributed by atoms with Gasteiger partial charge in [-0.05, 0) is 43.9 Å². The Morgan fingerprint density at radius 2 is 2.00 bits per heavy atom. The molecule has 3 nitrogen and oxygen atoms in total. The molecule has 4 unspecified atom stereocenters. The number of nitrogens with zero attached hydrogens (tertiary/aromatic N) is 1. The lowest BCUT2D eigenvalue weighted by atomic mass is 9.76. The molecule has 1 saturated heterocycles. The van der Waals surface area contributed by atoms with E-state index in [2.05, 4.69) is 18.7 Å². The second-order valence-corrected chi connectivity index (χ2v) is 6.63. The largest absolute Gasteiger partial charge is 0.480 e. The Balaban J connectivity index is 2.07. The number of hydrogen-bond donors (Lipinski definition) is 1. The van der Waals surface area contributed by atoms with Gasteiger partial charge in [-0.3, -0.25) is 9.69 Å². The molecule has 0 radical (unpaired) electrons. The van der Waals surface area contributed by atoms with E-state index in [1.807, 2.05) is 0 Å². The summed E-state index contributed by atoms with van der Waals surface area (Å²) in [7, 11) is 0. The molecule has 1 aliphatic carbocycles. The van der Waals surface area contributed by atoms with Gasteiger partial charge in [-0.15, -0.1) is 0 Å². The summed E-state index contributed by atoms with van der Waals surface area (Å²) < 4.78 is 0. The summed E-state index contributed by atoms with van der Waals surface area (Å²) in [4.78, 5) is 13.9. The third-order valence-electron chi connectivity index (χ3n) is 5.10. The quantitative estimate of drug-likeness (QED) is 0.828. The maximum atomic E-state index is 11.5. The number of hydrogen-bond acceptors (Lipinski definition) is 2. The van der Waals surface area contributed by atoms with Crippen molar-refractivity contribution in [2.45, 2.75) is 77.3 Å². The Hall–Kier alpha value is -0.570. The molecule has 1 saturated carbocycles. The molecule has 0 aromatic carbocycles. The van der Waals surface area contributed by atoms with E-state index in [9.17, 15) is 9.90 Å². The van der Waals surface area contributed by atoms with Crippen molar-refractivity contribution in [3.05, 3.63) is 0 Å². The number of fused-ring (bicyclic) bond motifs is 1. The van der Waals surface area contributed by atoms with Gasteiger partial charge in [0.15, 0.2) is 0 Å². The van der Waals surface area contributed by atoms with Crippen LogP contribution in [0.1, 0.15) is 65.2 Å². The van der Waals surface area contributed by atoms with Crippen LogP contribution in [0, 0.1) is 11.8 Å². The summed E-state index contributed by atoms with van der Waals surface area (Å²) in [5.74, 6) is 0.776. The van der Waals surface area contributed by atoms with E-state index in [0.29, 0.717) is 12.0 Å². The fourth-order valence-corrected chi connectivity index (χ4v) is 4.20. The van der Waals surface area contributed by atoms with Gasteiger partial charge in [-0.1, -0.05) is 33.1 Å². The van der Waals surface area contributed by atoms with Gasteiger partial charge < -0.3 is 5.11 Å². The fourth-order valence-electron chi connectivity index (χ4n) is 4.20. The topological polar surface area (TPSA) is 40.5 Å². The van der Waals surface area contributed by atoms with Crippen molar-refractivity contribution >= 4 is 5.97 Å². The number of carboxylic acids is 1. The summed E-state index contributed by atoms with van der Waals surface area (Å²) in [6, 6.07) is 0.321. The van der Waals surface area contributed by atoms with Gasteiger partial charge in [0.05, 0.1) is 0 Å². The Kier molecular flexibility index (Phi) is 5.26. The molecule has 19 heavy (non-hydrogen) atoms. The average molecular weight is 267 g/mol. The maximum absolute atomic E-state index is 11.5. The molecule has 2 fully saturated rings. The molecule has 1 N–H and O–H groups in total. The van der Waals surface area contributed by atoms with Crippen LogP contribution in [0.5, 0.6) is 0 Å². The first kappa shape index (κ1) is 14.8. The normalized spacial score (nSPS) is 33.7. The van der Waals surface area contributed by atoms with Crippen LogP contribution in [0.15, 0.2) is 0 Å². The van der Waals surface area contributed by atoms with Gasteiger partial charge in [0, 0.05) is 12.6 Å². The second kappa shape index (κ2) is 6.74. The minimum atomic E-state index is -0.604. The van der Waals surface area contributed by atoms with Crippen LogP contribution in [-0.4, -0.2) is 34.6 Å². The predicted molar refractivity (Wildman–Crippen MR) is 77.2 cm³/mol. The van der Waals surface area contributed by atoms with Crippen LogP contribution < -0.4 is 0 Å². The number of likely N-dealkylation sites (tertiary alicyclic amines) is 1. The van der Waals surface area contributed by atoms with Gasteiger partial charge in [-0.25, -0.2) is 0 Å². The summed E-state index contributed by atoms with van der Waals surface area (Å²) in [5, 5.41) is 9.50. The minimum Gasteiger partial charge on any atom is -0.480 e. The Morgan fingerprint density at radius 1 is 1.26 bits per heavy atom. The van der Waals surface area contributed by atoms with E-state index < -0.39 is 5.97 Å². The van der Waals surface area contributed by atoms with Crippen molar-refractivity contribution in [1.29, 1.82) is 0 Å². The third kappa shape index (κ3) is 3.50. The molecule has 1 heterocycles. The number of carboxylic acid groups (broad SMARTS) is 1. The van der Waals surface area contributed by atoms with Gasteiger partial charge in [0.2, 0.25) is 0 Å². The van der Waals surface area contributed by atoms with Crippen molar-refractivity contribution in [3.8, 4) is 0 Å². The van der Waals surface area contributed by atoms with E-state index in [1.54, 1.807) is 0 Å². The average Bonchev–Trinajstić information content (AvgIpc) is 2.39. The SMILES string of the molecule is CCCC(C)CN1C(C(=O)O)CCC2CCCCC21. The van der Waals surface area contributed by atoms with Gasteiger partial charge in [0.25, 0.3) is 0 Å². The lowest BCUT2D eigenvalue weighted by Gasteiger charge is -2.48. The minimum absolute atomic E-state index is 0.223. The zero-order valence-corrected chi connectivity index (χ0v) is 12.5. The van der Waals surface area contributed by atoms with Crippen LogP contribution in [0.3, 0.4) is 0 Å². The van der Waals surface area contributed by atoms with Crippen molar-refractivity contribution in [2.75, 3.05) is 6.54 Å². The summed E-state index contributed by atoms with van der Waals surface area (Å²) >= 11 is 0. The van der Waals surface area contributed by atoms with Crippen molar-refractivity contribution in [1.82, 2.24) is 4.90 Å². The first-order valence-corrected chi connectivity index (χ1v) is 8.12. The highest BCUT2D eigenvalue weighted by atomic mass is 16.4. The molecule has 1 aliphatic heterocycles. The molecular weight excluding hydrogens is 238 g/mol. The molecule has 2 rings (SSSR count). The summed E-state index contributed by atoms with van der Waals surface area (Å²) in [5.41, 5.74) is 0. The zero-order valence-electron chi connectivity index (χ0n) is 12.5. The summed E-state index contributed by atoms with van der Waals surface area (Å²) in [6.45, 7) is 5.46. The Morgan fingerprint density at radius 3 is 2.68 bits per heavy atom. The highest BCUT2D eigenvalue weighted by Gasteiger charge is 2.41. The first-order valence-electron chi connectivity index (χ1n) is 8.12. The van der Waals surface area contributed by atoms with Gasteiger partial charge in [-0.2, -0.15) is 0 Å². The molecular formula is C16H29NO2. The molecule has 0 bridgehead atoms. The third-order valence-corrected chi connectivity index (χ3v) is 5.10. The monoisotopic (exact) mass is 267 g/mol. The number of aliphatic carboxylic acids is 1. The van der Waals surface area contributed by atoms with Crippen LogP contribution in [-0.2, 0) is 4.79 Å². The van der Waals surface area contributed by atoms with E-state index in [1.165, 1.54) is 38.5 Å². The second-order valence-electron chi connectivity index (χ2n) is 6.63. The van der Waals surface area contributed by atoms with E-state index >= 15 is 0 Å². The highest BCUT2D eigenvalue weighted by Crippen LogP contribution is 2.38. The Labute approximate surface area is 117 Å². The number of piperidine rings is 1. The molecule has 2 aliphatic rings. The highest BCUT2D eigenvalue weighted by molar-refractivity contribution is 5.73. The molecule has 0 aromatic heterocycles. The molecule has 3 heteroatoms. The summed E-state index contributed by atoms with van der Waals surface area (Å²) in [6.07, 6.45) is 9.54. The van der Waals surface area contributed by atoms with Crippen LogP contribution in [0.2, 0.25) is 0 Å². The van der Waals surface area contributed by atoms with E-state index in [-0.39, 0.29) is 6.04 Å². The lowest BCUT2D eigenvalue weighted by molar-refractivity contribution is -0.148. The molecule has 0 spiro atoms. The van der Waals surface area contributed by atoms with E-state index in [4.69, 9.17) is 0 Å². The molecule has 4 atom stereocenters. The fraction of sp³-hybridized carbons (Fsp3) is 0.938.